The van der Waals surface area contributed by atoms with Crippen LogP contribution in [0.5, 0.6) is 0 Å². The zero-order chi connectivity index (χ0) is 9.97. The van der Waals surface area contributed by atoms with Crippen LogP contribution >= 0.6 is 0 Å². The van der Waals surface area contributed by atoms with E-state index >= 15 is 0 Å². The molecule has 1 saturated heterocycles. The fourth-order valence-corrected chi connectivity index (χ4v) is 1.79. The lowest BCUT2D eigenvalue weighted by molar-refractivity contribution is 0.265. The molecular weight excluding hydrogens is 179 g/mol. The van der Waals surface area contributed by atoms with E-state index in [1.54, 1.807) is 6.07 Å². The Hall–Kier alpha value is -0.930. The highest BCUT2D eigenvalue weighted by atomic mass is 19.1. The average molecular weight is 194 g/mol. The third kappa shape index (κ3) is 2.11. The largest absolute Gasteiger partial charge is 0.292 e. The Balaban J connectivity index is 2.01. The van der Waals surface area contributed by atoms with Gasteiger partial charge in [0.25, 0.3) is 0 Å². The Morgan fingerprint density at radius 3 is 2.71 bits per heavy atom. The van der Waals surface area contributed by atoms with Crippen LogP contribution in [0.1, 0.15) is 5.56 Å². The van der Waals surface area contributed by atoms with Gasteiger partial charge in [0.05, 0.1) is 6.67 Å². The number of likely N-dealkylation sites (N-methyl/N-ethyl adjacent to an activating group) is 1. The van der Waals surface area contributed by atoms with Gasteiger partial charge in [0, 0.05) is 25.2 Å². The van der Waals surface area contributed by atoms with Crippen molar-refractivity contribution in [1.29, 1.82) is 0 Å². The fraction of sp³-hybridized carbons (Fsp3) is 0.455. The lowest BCUT2D eigenvalue weighted by Gasteiger charge is -2.15. The van der Waals surface area contributed by atoms with E-state index in [-0.39, 0.29) is 5.82 Å². The number of halogens is 1. The minimum Gasteiger partial charge on any atom is -0.292 e. The zero-order valence-electron chi connectivity index (χ0n) is 8.41. The molecular formula is C11H15FN2. The van der Waals surface area contributed by atoms with Crippen molar-refractivity contribution in [3.05, 3.63) is 35.6 Å². The van der Waals surface area contributed by atoms with E-state index in [4.69, 9.17) is 0 Å². The van der Waals surface area contributed by atoms with E-state index < -0.39 is 0 Å². The monoisotopic (exact) mass is 194 g/mol. The summed E-state index contributed by atoms with van der Waals surface area (Å²) in [6.45, 7) is 3.77. The third-order valence-electron chi connectivity index (χ3n) is 2.59. The van der Waals surface area contributed by atoms with Crippen molar-refractivity contribution >= 4 is 0 Å². The second kappa shape index (κ2) is 4.07. The minimum atomic E-state index is -0.0953. The Labute approximate surface area is 83.9 Å². The highest BCUT2D eigenvalue weighted by Gasteiger charge is 2.17. The van der Waals surface area contributed by atoms with Crippen molar-refractivity contribution < 1.29 is 4.39 Å². The molecule has 1 aromatic carbocycles. The summed E-state index contributed by atoms with van der Waals surface area (Å²) in [5, 5.41) is 0. The molecule has 14 heavy (non-hydrogen) atoms. The molecule has 2 nitrogen and oxygen atoms in total. The molecule has 2 rings (SSSR count). The van der Waals surface area contributed by atoms with Crippen LogP contribution in [0.15, 0.2) is 24.3 Å². The molecule has 76 valence electrons. The molecule has 0 aromatic heterocycles. The van der Waals surface area contributed by atoms with Gasteiger partial charge in [-0.25, -0.2) is 4.39 Å². The summed E-state index contributed by atoms with van der Waals surface area (Å²) < 4.78 is 13.3. The van der Waals surface area contributed by atoms with Crippen LogP contribution in [0.25, 0.3) is 0 Å². The second-order valence-electron chi connectivity index (χ2n) is 3.87. The minimum absolute atomic E-state index is 0.0953. The first-order chi connectivity index (χ1) is 6.75. The van der Waals surface area contributed by atoms with E-state index in [9.17, 15) is 4.39 Å². The van der Waals surface area contributed by atoms with Crippen LogP contribution in [0.2, 0.25) is 0 Å². The molecule has 3 heteroatoms. The predicted octanol–water partition coefficient (Wildman–Crippen LogP) is 1.53. The van der Waals surface area contributed by atoms with Gasteiger partial charge in [0.1, 0.15) is 5.82 Å². The molecule has 1 aliphatic heterocycles. The van der Waals surface area contributed by atoms with E-state index in [1.807, 2.05) is 12.1 Å². The molecule has 1 heterocycles. The number of hydrogen-bond acceptors (Lipinski definition) is 2. The molecule has 0 unspecified atom stereocenters. The Morgan fingerprint density at radius 1 is 1.29 bits per heavy atom. The second-order valence-corrected chi connectivity index (χ2v) is 3.87. The van der Waals surface area contributed by atoms with Crippen molar-refractivity contribution in [1.82, 2.24) is 9.80 Å². The quantitative estimate of drug-likeness (QED) is 0.704. The van der Waals surface area contributed by atoms with Crippen molar-refractivity contribution in [2.24, 2.45) is 0 Å². The highest BCUT2D eigenvalue weighted by Crippen LogP contribution is 2.12. The Morgan fingerprint density at radius 2 is 2.07 bits per heavy atom. The summed E-state index contributed by atoms with van der Waals surface area (Å²) in [6, 6.07) is 7.00. The topological polar surface area (TPSA) is 6.48 Å². The van der Waals surface area contributed by atoms with Gasteiger partial charge in [-0.15, -0.1) is 0 Å². The van der Waals surface area contributed by atoms with Gasteiger partial charge in [-0.2, -0.15) is 0 Å². The summed E-state index contributed by atoms with van der Waals surface area (Å²) in [4.78, 5) is 4.49. The van der Waals surface area contributed by atoms with Gasteiger partial charge in [-0.3, -0.25) is 9.80 Å². The first-order valence-electron chi connectivity index (χ1n) is 4.90. The SMILES string of the molecule is CN1CCN(Cc2ccccc2F)C1. The highest BCUT2D eigenvalue weighted by molar-refractivity contribution is 5.17. The molecule has 0 saturated carbocycles. The lowest BCUT2D eigenvalue weighted by atomic mass is 10.2. The van der Waals surface area contributed by atoms with Gasteiger partial charge >= 0.3 is 0 Å². The number of nitrogens with zero attached hydrogens (tertiary/aromatic N) is 2. The smallest absolute Gasteiger partial charge is 0.127 e. The van der Waals surface area contributed by atoms with Gasteiger partial charge < -0.3 is 0 Å². The number of hydrogen-bond donors (Lipinski definition) is 0. The van der Waals surface area contributed by atoms with E-state index in [1.165, 1.54) is 6.07 Å². The fourth-order valence-electron chi connectivity index (χ4n) is 1.79. The predicted molar refractivity (Wildman–Crippen MR) is 54.3 cm³/mol. The average Bonchev–Trinajstić information content (AvgIpc) is 2.56. The maximum Gasteiger partial charge on any atom is 0.127 e. The van der Waals surface area contributed by atoms with Crippen molar-refractivity contribution in [3.8, 4) is 0 Å². The zero-order valence-corrected chi connectivity index (χ0v) is 8.41. The van der Waals surface area contributed by atoms with Gasteiger partial charge in [-0.1, -0.05) is 18.2 Å². The number of benzene rings is 1. The molecule has 0 spiro atoms. The van der Waals surface area contributed by atoms with Gasteiger partial charge in [0.15, 0.2) is 0 Å². The van der Waals surface area contributed by atoms with Crippen LogP contribution in [0.4, 0.5) is 4.39 Å². The molecule has 0 N–H and O–H groups in total. The van der Waals surface area contributed by atoms with Crippen molar-refractivity contribution in [2.45, 2.75) is 6.54 Å². The standard InChI is InChI=1S/C11H15FN2/c1-13-6-7-14(9-13)8-10-4-2-3-5-11(10)12/h2-5H,6-9H2,1H3. The summed E-state index contributed by atoms with van der Waals surface area (Å²) in [6.07, 6.45) is 0. The molecule has 0 bridgehead atoms. The Kier molecular flexibility index (Phi) is 2.79. The van der Waals surface area contributed by atoms with E-state index in [0.717, 1.165) is 31.9 Å². The molecule has 0 amide bonds. The van der Waals surface area contributed by atoms with Crippen LogP contribution in [-0.2, 0) is 6.54 Å². The molecule has 1 aliphatic rings. The van der Waals surface area contributed by atoms with Crippen LogP contribution in [0.3, 0.4) is 0 Å². The van der Waals surface area contributed by atoms with Crippen molar-refractivity contribution in [2.75, 3.05) is 26.8 Å². The molecule has 0 atom stereocenters. The van der Waals surface area contributed by atoms with Gasteiger partial charge in [-0.05, 0) is 13.1 Å². The molecule has 0 radical (unpaired) electrons. The maximum atomic E-state index is 13.3. The van der Waals surface area contributed by atoms with Crippen molar-refractivity contribution in [3.63, 3.8) is 0 Å². The summed E-state index contributed by atoms with van der Waals surface area (Å²) in [7, 11) is 2.08. The van der Waals surface area contributed by atoms with Crippen LogP contribution < -0.4 is 0 Å². The molecule has 0 aliphatic carbocycles. The summed E-state index contributed by atoms with van der Waals surface area (Å²) >= 11 is 0. The maximum absolute atomic E-state index is 13.3. The van der Waals surface area contributed by atoms with E-state index in [2.05, 4.69) is 16.8 Å². The number of rotatable bonds is 2. The van der Waals surface area contributed by atoms with E-state index in [0.29, 0.717) is 0 Å². The molecule has 1 aromatic rings. The Bertz CT molecular complexity index is 314. The van der Waals surface area contributed by atoms with Crippen LogP contribution in [0, 0.1) is 5.82 Å². The molecule has 1 fully saturated rings. The first kappa shape index (κ1) is 9.62. The lowest BCUT2D eigenvalue weighted by Crippen LogP contribution is -2.23. The summed E-state index contributed by atoms with van der Waals surface area (Å²) in [5.41, 5.74) is 0.794. The summed E-state index contributed by atoms with van der Waals surface area (Å²) in [5.74, 6) is -0.0953. The van der Waals surface area contributed by atoms with Gasteiger partial charge in [0.2, 0.25) is 0 Å². The first-order valence-corrected chi connectivity index (χ1v) is 4.90. The normalized spacial score (nSPS) is 19.0. The third-order valence-corrected chi connectivity index (χ3v) is 2.59. The van der Waals surface area contributed by atoms with Crippen LogP contribution in [-0.4, -0.2) is 36.6 Å².